The fourth-order valence-corrected chi connectivity index (χ4v) is 4.10. The molecule has 0 spiro atoms. The van der Waals surface area contributed by atoms with Gasteiger partial charge in [-0.25, -0.2) is 0 Å². The number of carbonyl (C=O) groups is 1. The second kappa shape index (κ2) is 10.4. The van der Waals surface area contributed by atoms with E-state index in [-0.39, 0.29) is 5.76 Å². The molecule has 4 rings (SSSR count). The van der Waals surface area contributed by atoms with Crippen molar-refractivity contribution in [3.63, 3.8) is 0 Å². The van der Waals surface area contributed by atoms with E-state index < -0.39 is 5.91 Å². The Bertz CT molecular complexity index is 1320. The second-order valence-electron chi connectivity index (χ2n) is 8.26. The van der Waals surface area contributed by atoms with Gasteiger partial charge in [-0.2, -0.15) is 0 Å². The third-order valence-corrected chi connectivity index (χ3v) is 5.97. The van der Waals surface area contributed by atoms with E-state index >= 15 is 0 Å². The van der Waals surface area contributed by atoms with Crippen LogP contribution in [0.2, 0.25) is 0 Å². The maximum Gasteiger partial charge on any atom is 0.291 e. The third kappa shape index (κ3) is 5.17. The van der Waals surface area contributed by atoms with Gasteiger partial charge in [0, 0.05) is 18.6 Å². The summed E-state index contributed by atoms with van der Waals surface area (Å²) >= 11 is 0. The highest BCUT2D eigenvalue weighted by molar-refractivity contribution is 6.04. The average Bonchev–Trinajstić information content (AvgIpc) is 3.35. The van der Waals surface area contributed by atoms with Gasteiger partial charge in [0.25, 0.3) is 5.91 Å². The molecular formula is C29H29NO5. The normalized spacial score (nSPS) is 10.7. The topological polar surface area (TPSA) is 69.9 Å². The fourth-order valence-electron chi connectivity index (χ4n) is 4.10. The summed E-state index contributed by atoms with van der Waals surface area (Å²) in [5.41, 5.74) is 6.31. The van der Waals surface area contributed by atoms with Crippen molar-refractivity contribution in [2.45, 2.75) is 20.3 Å². The molecule has 3 aromatic carbocycles. The number of ether oxygens (including phenoxy) is 3. The number of anilines is 1. The minimum absolute atomic E-state index is 0.202. The van der Waals surface area contributed by atoms with E-state index in [0.717, 1.165) is 5.56 Å². The Morgan fingerprint density at radius 2 is 1.51 bits per heavy atom. The molecule has 1 heterocycles. The number of furan rings is 1. The number of methoxy groups -OCH3 is 3. The van der Waals surface area contributed by atoms with E-state index in [1.54, 1.807) is 25.3 Å². The van der Waals surface area contributed by atoms with Crippen LogP contribution in [-0.2, 0) is 6.42 Å². The smallest absolute Gasteiger partial charge is 0.291 e. The zero-order valence-electron chi connectivity index (χ0n) is 20.6. The number of hydrogen-bond donors (Lipinski definition) is 1. The molecule has 4 aromatic rings. The molecule has 0 radical (unpaired) electrons. The van der Waals surface area contributed by atoms with E-state index in [2.05, 4.69) is 43.4 Å². The van der Waals surface area contributed by atoms with Crippen LogP contribution in [0.5, 0.6) is 17.2 Å². The van der Waals surface area contributed by atoms with E-state index in [4.69, 9.17) is 18.6 Å². The zero-order chi connectivity index (χ0) is 24.9. The van der Waals surface area contributed by atoms with Gasteiger partial charge >= 0.3 is 0 Å². The van der Waals surface area contributed by atoms with Crippen LogP contribution in [0.4, 0.5) is 5.69 Å². The van der Waals surface area contributed by atoms with Crippen molar-refractivity contribution in [3.8, 4) is 28.4 Å². The molecule has 1 aromatic heterocycles. The van der Waals surface area contributed by atoms with Crippen molar-refractivity contribution in [2.75, 3.05) is 26.6 Å². The van der Waals surface area contributed by atoms with Crippen LogP contribution in [0.15, 0.2) is 71.1 Å². The molecule has 0 bridgehead atoms. The maximum absolute atomic E-state index is 13.0. The van der Waals surface area contributed by atoms with Gasteiger partial charge in [-0.3, -0.25) is 4.79 Å². The van der Waals surface area contributed by atoms with Crippen molar-refractivity contribution in [2.24, 2.45) is 0 Å². The fraction of sp³-hybridized carbons (Fsp3) is 0.207. The van der Waals surface area contributed by atoms with Crippen LogP contribution in [-0.4, -0.2) is 27.2 Å². The number of nitrogens with one attached hydrogen (secondary N) is 1. The van der Waals surface area contributed by atoms with E-state index in [9.17, 15) is 4.79 Å². The van der Waals surface area contributed by atoms with Crippen LogP contribution in [0, 0.1) is 13.8 Å². The Hall–Kier alpha value is -4.19. The third-order valence-electron chi connectivity index (χ3n) is 5.97. The van der Waals surface area contributed by atoms with Crippen LogP contribution in [0.25, 0.3) is 11.1 Å². The van der Waals surface area contributed by atoms with Gasteiger partial charge in [0.15, 0.2) is 5.76 Å². The van der Waals surface area contributed by atoms with E-state index in [0.29, 0.717) is 35.1 Å². The molecule has 1 N–H and O–H groups in total. The zero-order valence-corrected chi connectivity index (χ0v) is 20.6. The van der Waals surface area contributed by atoms with Crippen molar-refractivity contribution in [1.29, 1.82) is 0 Å². The first-order valence-electron chi connectivity index (χ1n) is 11.3. The molecule has 180 valence electrons. The minimum atomic E-state index is -0.399. The van der Waals surface area contributed by atoms with Crippen LogP contribution in [0.1, 0.15) is 33.0 Å². The molecule has 35 heavy (non-hydrogen) atoms. The monoisotopic (exact) mass is 471 g/mol. The SMILES string of the molecule is COc1cc(OC)c(NC(=O)c2ccc(Cc3cc(-c4ccccc4)c(C)cc3C)o2)c(OC)c1. The number of hydrogen-bond acceptors (Lipinski definition) is 5. The number of rotatable bonds is 8. The maximum atomic E-state index is 13.0. The molecule has 6 nitrogen and oxygen atoms in total. The van der Waals surface area contributed by atoms with Gasteiger partial charge in [0.05, 0.1) is 21.3 Å². The lowest BCUT2D eigenvalue weighted by Gasteiger charge is -2.15. The Balaban J connectivity index is 1.56. The molecule has 0 saturated heterocycles. The van der Waals surface area contributed by atoms with Crippen LogP contribution >= 0.6 is 0 Å². The van der Waals surface area contributed by atoms with Crippen LogP contribution in [0.3, 0.4) is 0 Å². The lowest BCUT2D eigenvalue weighted by molar-refractivity contribution is 0.0994. The number of carbonyl (C=O) groups excluding carboxylic acids is 1. The molecule has 0 aliphatic heterocycles. The number of benzene rings is 3. The Morgan fingerprint density at radius 3 is 2.14 bits per heavy atom. The van der Waals surface area contributed by atoms with Crippen molar-refractivity contribution in [3.05, 3.63) is 94.9 Å². The summed E-state index contributed by atoms with van der Waals surface area (Å²) in [5, 5.41) is 2.84. The van der Waals surface area contributed by atoms with E-state index in [1.807, 2.05) is 24.3 Å². The van der Waals surface area contributed by atoms with Gasteiger partial charge in [-0.15, -0.1) is 0 Å². The molecule has 1 amide bonds. The first-order valence-corrected chi connectivity index (χ1v) is 11.3. The number of aryl methyl sites for hydroxylation is 2. The second-order valence-corrected chi connectivity index (χ2v) is 8.26. The first kappa shape index (κ1) is 24.0. The summed E-state index contributed by atoms with van der Waals surface area (Å²) in [5.74, 6) is 1.90. The quantitative estimate of drug-likeness (QED) is 0.321. The number of amides is 1. The van der Waals surface area contributed by atoms with Gasteiger partial charge in [0.1, 0.15) is 28.7 Å². The van der Waals surface area contributed by atoms with Gasteiger partial charge in [0.2, 0.25) is 0 Å². The predicted octanol–water partition coefficient (Wildman–Crippen LogP) is 6.43. The molecule has 0 unspecified atom stereocenters. The highest BCUT2D eigenvalue weighted by atomic mass is 16.5. The standard InChI is InChI=1S/C29H29NO5/c1-18-13-19(2)24(20-9-7-6-8-10-20)15-21(18)14-22-11-12-25(35-22)29(31)30-28-26(33-4)16-23(32-3)17-27(28)34-5/h6-13,15-17H,14H2,1-5H3,(H,30,31). The largest absolute Gasteiger partial charge is 0.496 e. The summed E-state index contributed by atoms with van der Waals surface area (Å²) in [6.07, 6.45) is 0.578. The molecule has 6 heteroatoms. The first-order chi connectivity index (χ1) is 16.9. The molecule has 0 fully saturated rings. The van der Waals surface area contributed by atoms with Crippen molar-refractivity contribution < 1.29 is 23.4 Å². The predicted molar refractivity (Wildman–Crippen MR) is 137 cm³/mol. The molecular weight excluding hydrogens is 442 g/mol. The molecule has 0 saturated carbocycles. The Kier molecular flexibility index (Phi) is 7.11. The van der Waals surface area contributed by atoms with Gasteiger partial charge in [-0.05, 0) is 53.8 Å². The molecule has 0 atom stereocenters. The van der Waals surface area contributed by atoms with Crippen molar-refractivity contribution >= 4 is 11.6 Å². The lowest BCUT2D eigenvalue weighted by Crippen LogP contribution is -2.13. The van der Waals surface area contributed by atoms with Gasteiger partial charge in [-0.1, -0.05) is 42.5 Å². The average molecular weight is 472 g/mol. The molecule has 0 aliphatic rings. The van der Waals surface area contributed by atoms with Crippen molar-refractivity contribution in [1.82, 2.24) is 0 Å². The highest BCUT2D eigenvalue weighted by Gasteiger charge is 2.19. The van der Waals surface area contributed by atoms with E-state index in [1.165, 1.54) is 36.5 Å². The summed E-state index contributed by atoms with van der Waals surface area (Å²) in [6, 6.07) is 21.6. The summed E-state index contributed by atoms with van der Waals surface area (Å²) < 4.78 is 22.0. The van der Waals surface area contributed by atoms with Gasteiger partial charge < -0.3 is 23.9 Å². The highest BCUT2D eigenvalue weighted by Crippen LogP contribution is 2.39. The Labute approximate surface area is 205 Å². The molecule has 0 aliphatic carbocycles. The van der Waals surface area contributed by atoms with Crippen LogP contribution < -0.4 is 19.5 Å². The lowest BCUT2D eigenvalue weighted by atomic mass is 9.93. The minimum Gasteiger partial charge on any atom is -0.496 e. The summed E-state index contributed by atoms with van der Waals surface area (Å²) in [4.78, 5) is 13.0. The Morgan fingerprint density at radius 1 is 0.829 bits per heavy atom. The summed E-state index contributed by atoms with van der Waals surface area (Å²) in [6.45, 7) is 4.21. The summed E-state index contributed by atoms with van der Waals surface area (Å²) in [7, 11) is 4.58.